The molecule has 1 aliphatic heterocycles. The molecule has 5 nitrogen and oxygen atoms in total. The quantitative estimate of drug-likeness (QED) is 0.656. The van der Waals surface area contributed by atoms with E-state index in [0.29, 0.717) is 29.7 Å². The summed E-state index contributed by atoms with van der Waals surface area (Å²) in [4.78, 5) is 15.1. The first-order chi connectivity index (χ1) is 12.2. The molecule has 0 aliphatic carbocycles. The fourth-order valence-corrected chi connectivity index (χ4v) is 3.22. The second-order valence-corrected chi connectivity index (χ2v) is 6.55. The molecule has 2 rings (SSSR count). The molecule has 0 saturated carbocycles. The third kappa shape index (κ3) is 6.06. The SMILES string of the molecule is CCCCOc1ccc(C(=O)N(CCC)C2CCNCC2)cc1OC.Cl. The Hall–Kier alpha value is -1.46. The van der Waals surface area contributed by atoms with E-state index < -0.39 is 0 Å². The second kappa shape index (κ2) is 12.0. The summed E-state index contributed by atoms with van der Waals surface area (Å²) >= 11 is 0. The topological polar surface area (TPSA) is 50.8 Å². The number of piperidine rings is 1. The van der Waals surface area contributed by atoms with Gasteiger partial charge in [0.05, 0.1) is 13.7 Å². The van der Waals surface area contributed by atoms with Gasteiger partial charge in [0, 0.05) is 18.2 Å². The van der Waals surface area contributed by atoms with Gasteiger partial charge in [0.1, 0.15) is 0 Å². The summed E-state index contributed by atoms with van der Waals surface area (Å²) in [6, 6.07) is 5.84. The first-order valence-corrected chi connectivity index (χ1v) is 9.53. The molecule has 1 aromatic carbocycles. The summed E-state index contributed by atoms with van der Waals surface area (Å²) in [6.07, 6.45) is 5.08. The summed E-state index contributed by atoms with van der Waals surface area (Å²) in [5, 5.41) is 3.37. The lowest BCUT2D eigenvalue weighted by Crippen LogP contribution is -2.46. The summed E-state index contributed by atoms with van der Waals surface area (Å²) in [6.45, 7) is 7.66. The van der Waals surface area contributed by atoms with Gasteiger partial charge in [-0.1, -0.05) is 20.3 Å². The second-order valence-electron chi connectivity index (χ2n) is 6.55. The van der Waals surface area contributed by atoms with Crippen molar-refractivity contribution in [2.24, 2.45) is 0 Å². The van der Waals surface area contributed by atoms with Gasteiger partial charge in [-0.15, -0.1) is 12.4 Å². The van der Waals surface area contributed by atoms with Gasteiger partial charge in [-0.3, -0.25) is 4.79 Å². The zero-order valence-corrected chi connectivity index (χ0v) is 17.1. The number of nitrogens with one attached hydrogen (secondary N) is 1. The van der Waals surface area contributed by atoms with E-state index >= 15 is 0 Å². The maximum atomic E-state index is 13.1. The fourth-order valence-electron chi connectivity index (χ4n) is 3.22. The standard InChI is InChI=1S/C20H32N2O3.ClH/c1-4-6-14-25-18-8-7-16(15-19(18)24-3)20(23)22(13-5-2)17-9-11-21-12-10-17;/h7-8,15,17,21H,4-6,9-14H2,1-3H3;1H. The molecular formula is C20H33ClN2O3. The first kappa shape index (κ1) is 22.6. The molecule has 0 spiro atoms. The van der Waals surface area contributed by atoms with Crippen molar-refractivity contribution in [3.63, 3.8) is 0 Å². The van der Waals surface area contributed by atoms with E-state index in [2.05, 4.69) is 19.2 Å². The Bertz CT molecular complexity index is 548. The van der Waals surface area contributed by atoms with Crippen LogP contribution in [0.3, 0.4) is 0 Å². The Morgan fingerprint density at radius 1 is 1.19 bits per heavy atom. The van der Waals surface area contributed by atoms with E-state index in [1.54, 1.807) is 7.11 Å². The van der Waals surface area contributed by atoms with E-state index in [4.69, 9.17) is 9.47 Å². The highest BCUT2D eigenvalue weighted by Crippen LogP contribution is 2.29. The van der Waals surface area contributed by atoms with Gasteiger partial charge < -0.3 is 19.7 Å². The van der Waals surface area contributed by atoms with Crippen molar-refractivity contribution >= 4 is 18.3 Å². The number of methoxy groups -OCH3 is 1. The summed E-state index contributed by atoms with van der Waals surface area (Å²) in [7, 11) is 1.62. The third-order valence-electron chi connectivity index (χ3n) is 4.64. The Morgan fingerprint density at radius 2 is 1.92 bits per heavy atom. The Kier molecular flexibility index (Phi) is 10.4. The summed E-state index contributed by atoms with van der Waals surface area (Å²) in [5.74, 6) is 1.42. The molecular weight excluding hydrogens is 352 g/mol. The molecule has 1 N–H and O–H groups in total. The molecule has 0 aromatic heterocycles. The van der Waals surface area contributed by atoms with Gasteiger partial charge in [0.15, 0.2) is 11.5 Å². The summed E-state index contributed by atoms with van der Waals surface area (Å²) < 4.78 is 11.2. The van der Waals surface area contributed by atoms with Crippen molar-refractivity contribution < 1.29 is 14.3 Å². The number of hydrogen-bond donors (Lipinski definition) is 1. The predicted molar refractivity (Wildman–Crippen MR) is 108 cm³/mol. The van der Waals surface area contributed by atoms with Crippen LogP contribution in [-0.2, 0) is 0 Å². The number of hydrogen-bond acceptors (Lipinski definition) is 4. The van der Waals surface area contributed by atoms with E-state index in [0.717, 1.165) is 51.7 Å². The summed E-state index contributed by atoms with van der Waals surface area (Å²) in [5.41, 5.74) is 0.673. The largest absolute Gasteiger partial charge is 0.493 e. The molecule has 1 amide bonds. The van der Waals surface area contributed by atoms with Gasteiger partial charge in [-0.25, -0.2) is 0 Å². The molecule has 1 aliphatic rings. The normalized spacial score (nSPS) is 14.4. The van der Waals surface area contributed by atoms with Gasteiger partial charge in [-0.05, 0) is 57.0 Å². The first-order valence-electron chi connectivity index (χ1n) is 9.53. The lowest BCUT2D eigenvalue weighted by atomic mass is 10.0. The van der Waals surface area contributed by atoms with Crippen molar-refractivity contribution in [3.8, 4) is 11.5 Å². The number of nitrogens with zero attached hydrogens (tertiary/aromatic N) is 1. The van der Waals surface area contributed by atoms with Crippen molar-refractivity contribution in [2.45, 2.75) is 52.0 Å². The molecule has 1 fully saturated rings. The molecule has 26 heavy (non-hydrogen) atoms. The van der Waals surface area contributed by atoms with Crippen molar-refractivity contribution in [1.29, 1.82) is 0 Å². The number of benzene rings is 1. The highest BCUT2D eigenvalue weighted by molar-refractivity contribution is 5.95. The smallest absolute Gasteiger partial charge is 0.254 e. The number of halogens is 1. The van der Waals surface area contributed by atoms with E-state index in [1.807, 2.05) is 23.1 Å². The number of ether oxygens (including phenoxy) is 2. The zero-order valence-electron chi connectivity index (χ0n) is 16.3. The molecule has 1 heterocycles. The average Bonchev–Trinajstić information content (AvgIpc) is 2.66. The minimum Gasteiger partial charge on any atom is -0.493 e. The van der Waals surface area contributed by atoms with Crippen molar-refractivity contribution in [2.75, 3.05) is 33.4 Å². The third-order valence-corrected chi connectivity index (χ3v) is 4.64. The lowest BCUT2D eigenvalue weighted by molar-refractivity contribution is 0.0642. The molecule has 0 bridgehead atoms. The van der Waals surface area contributed by atoms with Crippen LogP contribution in [-0.4, -0.2) is 50.2 Å². The minimum atomic E-state index is 0. The Balaban J connectivity index is 0.00000338. The van der Waals surface area contributed by atoms with Crippen LogP contribution < -0.4 is 14.8 Å². The maximum absolute atomic E-state index is 13.1. The van der Waals surface area contributed by atoms with Gasteiger partial charge in [0.2, 0.25) is 0 Å². The van der Waals surface area contributed by atoms with E-state index in [9.17, 15) is 4.79 Å². The van der Waals surface area contributed by atoms with Crippen molar-refractivity contribution in [3.05, 3.63) is 23.8 Å². The van der Waals surface area contributed by atoms with Crippen LogP contribution in [0, 0.1) is 0 Å². The van der Waals surface area contributed by atoms with Crippen LogP contribution in [0.2, 0.25) is 0 Å². The lowest BCUT2D eigenvalue weighted by Gasteiger charge is -2.34. The predicted octanol–water partition coefficient (Wildman–Crippen LogP) is 3.90. The fraction of sp³-hybridized carbons (Fsp3) is 0.650. The van der Waals surface area contributed by atoms with E-state index in [-0.39, 0.29) is 18.3 Å². The highest BCUT2D eigenvalue weighted by atomic mass is 35.5. The monoisotopic (exact) mass is 384 g/mol. The molecule has 0 unspecified atom stereocenters. The Labute approximate surface area is 163 Å². The molecule has 148 valence electrons. The maximum Gasteiger partial charge on any atom is 0.254 e. The van der Waals surface area contributed by atoms with Crippen LogP contribution in [0.15, 0.2) is 18.2 Å². The molecule has 1 aromatic rings. The number of unbranched alkanes of at least 4 members (excludes halogenated alkanes) is 1. The van der Waals surface area contributed by atoms with E-state index in [1.165, 1.54) is 0 Å². The number of rotatable bonds is 9. The van der Waals surface area contributed by atoms with Crippen molar-refractivity contribution in [1.82, 2.24) is 10.2 Å². The number of carbonyl (C=O) groups is 1. The van der Waals surface area contributed by atoms with Crippen LogP contribution in [0.5, 0.6) is 11.5 Å². The van der Waals surface area contributed by atoms with Crippen LogP contribution in [0.1, 0.15) is 56.3 Å². The molecule has 0 radical (unpaired) electrons. The zero-order chi connectivity index (χ0) is 18.1. The molecule has 6 heteroatoms. The van der Waals surface area contributed by atoms with Gasteiger partial charge >= 0.3 is 0 Å². The molecule has 1 saturated heterocycles. The number of amides is 1. The Morgan fingerprint density at radius 3 is 2.54 bits per heavy atom. The van der Waals surface area contributed by atoms with Crippen LogP contribution >= 0.6 is 12.4 Å². The van der Waals surface area contributed by atoms with Crippen LogP contribution in [0.4, 0.5) is 0 Å². The van der Waals surface area contributed by atoms with Gasteiger partial charge in [-0.2, -0.15) is 0 Å². The molecule has 0 atom stereocenters. The average molecular weight is 385 g/mol. The highest BCUT2D eigenvalue weighted by Gasteiger charge is 2.26. The van der Waals surface area contributed by atoms with Crippen LogP contribution in [0.25, 0.3) is 0 Å². The number of carbonyl (C=O) groups excluding carboxylic acids is 1. The minimum absolute atomic E-state index is 0. The van der Waals surface area contributed by atoms with Gasteiger partial charge in [0.25, 0.3) is 5.91 Å².